The van der Waals surface area contributed by atoms with Gasteiger partial charge in [-0.15, -0.1) is 5.10 Å². The van der Waals surface area contributed by atoms with E-state index < -0.39 is 5.97 Å². The highest BCUT2D eigenvalue weighted by atomic mass is 16.5. The monoisotopic (exact) mass is 393 g/mol. The average Bonchev–Trinajstić information content (AvgIpc) is 3.08. The van der Waals surface area contributed by atoms with Crippen molar-refractivity contribution in [2.45, 2.75) is 46.3 Å². The Morgan fingerprint density at radius 2 is 1.97 bits per heavy atom. The van der Waals surface area contributed by atoms with Gasteiger partial charge in [0.1, 0.15) is 17.9 Å². The highest BCUT2D eigenvalue weighted by molar-refractivity contribution is 5.75. The van der Waals surface area contributed by atoms with Gasteiger partial charge in [-0.3, -0.25) is 4.79 Å². The molecule has 29 heavy (non-hydrogen) atoms. The highest BCUT2D eigenvalue weighted by Gasteiger charge is 2.12. The van der Waals surface area contributed by atoms with Gasteiger partial charge in [0.25, 0.3) is 0 Å². The molecule has 0 aliphatic heterocycles. The quantitative estimate of drug-likeness (QED) is 0.528. The van der Waals surface area contributed by atoms with E-state index in [4.69, 9.17) is 9.84 Å². The minimum atomic E-state index is -0.810. The van der Waals surface area contributed by atoms with Crippen molar-refractivity contribution in [2.75, 3.05) is 0 Å². The summed E-state index contributed by atoms with van der Waals surface area (Å²) in [6, 6.07) is 13.7. The van der Waals surface area contributed by atoms with E-state index in [0.29, 0.717) is 12.5 Å². The zero-order chi connectivity index (χ0) is 20.8. The molecule has 1 heterocycles. The van der Waals surface area contributed by atoms with Crippen molar-refractivity contribution in [1.82, 2.24) is 15.0 Å². The normalized spacial score (nSPS) is 12.7. The molecule has 0 unspecified atom stereocenters. The van der Waals surface area contributed by atoms with Gasteiger partial charge < -0.3 is 9.84 Å². The first-order chi connectivity index (χ1) is 14.0. The van der Waals surface area contributed by atoms with Gasteiger partial charge in [0, 0.05) is 12.5 Å². The van der Waals surface area contributed by atoms with Gasteiger partial charge in [0.05, 0.1) is 11.9 Å². The summed E-state index contributed by atoms with van der Waals surface area (Å²) in [7, 11) is 0. The maximum absolute atomic E-state index is 11.1. The molecule has 3 rings (SSSR count). The molecule has 0 saturated heterocycles. The molecule has 6 nitrogen and oxygen atoms in total. The fourth-order valence-electron chi connectivity index (χ4n) is 3.28. The Morgan fingerprint density at radius 3 is 2.62 bits per heavy atom. The van der Waals surface area contributed by atoms with Gasteiger partial charge in [-0.05, 0) is 48.2 Å². The van der Waals surface area contributed by atoms with Crippen LogP contribution in [0.5, 0.6) is 5.75 Å². The number of benzene rings is 2. The van der Waals surface area contributed by atoms with E-state index in [2.05, 4.69) is 30.2 Å². The lowest BCUT2D eigenvalue weighted by Crippen LogP contribution is -2.06. The third-order valence-corrected chi connectivity index (χ3v) is 4.65. The molecule has 0 bridgehead atoms. The van der Waals surface area contributed by atoms with E-state index >= 15 is 0 Å². The van der Waals surface area contributed by atoms with Crippen LogP contribution in [0, 0.1) is 5.92 Å². The number of rotatable bonds is 9. The Labute approximate surface area is 170 Å². The lowest BCUT2D eigenvalue weighted by atomic mass is 9.95. The van der Waals surface area contributed by atoms with Crippen LogP contribution in [0.4, 0.5) is 0 Å². The summed E-state index contributed by atoms with van der Waals surface area (Å²) in [5.41, 5.74) is 3.90. The predicted octanol–water partition coefficient (Wildman–Crippen LogP) is 4.80. The van der Waals surface area contributed by atoms with Crippen molar-refractivity contribution in [3.63, 3.8) is 0 Å². The minimum Gasteiger partial charge on any atom is -0.489 e. The summed E-state index contributed by atoms with van der Waals surface area (Å²) in [5, 5.41) is 17.5. The van der Waals surface area contributed by atoms with Crippen LogP contribution in [0.1, 0.15) is 44.2 Å². The first kappa shape index (κ1) is 20.6. The number of allylic oxidation sites excluding steroid dienone is 2. The van der Waals surface area contributed by atoms with E-state index in [9.17, 15) is 4.79 Å². The van der Waals surface area contributed by atoms with Crippen molar-refractivity contribution in [3.8, 4) is 5.75 Å². The van der Waals surface area contributed by atoms with Crippen LogP contribution >= 0.6 is 0 Å². The van der Waals surface area contributed by atoms with E-state index in [0.717, 1.165) is 34.5 Å². The predicted molar refractivity (Wildman–Crippen MR) is 113 cm³/mol. The van der Waals surface area contributed by atoms with Crippen LogP contribution in [0.2, 0.25) is 0 Å². The molecular formula is C23H27N3O3. The number of carboxylic acids is 1. The fourth-order valence-corrected chi connectivity index (χ4v) is 3.28. The number of aliphatic carboxylic acids is 1. The van der Waals surface area contributed by atoms with Crippen LogP contribution in [-0.2, 0) is 17.9 Å². The summed E-state index contributed by atoms with van der Waals surface area (Å²) in [5.74, 6) is 0.292. The Hall–Kier alpha value is -3.15. The largest absolute Gasteiger partial charge is 0.489 e. The molecule has 152 valence electrons. The first-order valence-corrected chi connectivity index (χ1v) is 9.85. The van der Waals surface area contributed by atoms with Gasteiger partial charge in [-0.2, -0.15) is 0 Å². The molecule has 1 N–H and O–H groups in total. The second-order valence-corrected chi connectivity index (χ2v) is 7.58. The molecule has 0 radical (unpaired) electrons. The van der Waals surface area contributed by atoms with Crippen molar-refractivity contribution in [2.24, 2.45) is 5.92 Å². The topological polar surface area (TPSA) is 77.2 Å². The van der Waals surface area contributed by atoms with E-state index in [1.54, 1.807) is 0 Å². The molecule has 0 fully saturated rings. The number of aromatic nitrogens is 3. The summed E-state index contributed by atoms with van der Waals surface area (Å²) < 4.78 is 7.86. The number of carbonyl (C=O) groups is 1. The van der Waals surface area contributed by atoms with Gasteiger partial charge >= 0.3 is 5.97 Å². The first-order valence-electron chi connectivity index (χ1n) is 9.85. The van der Waals surface area contributed by atoms with Gasteiger partial charge in [-0.1, -0.05) is 49.4 Å². The molecule has 0 saturated carbocycles. The van der Waals surface area contributed by atoms with Crippen molar-refractivity contribution < 1.29 is 14.6 Å². The second-order valence-electron chi connectivity index (χ2n) is 7.58. The smallest absolute Gasteiger partial charge is 0.304 e. The zero-order valence-corrected chi connectivity index (χ0v) is 17.1. The molecule has 0 amide bonds. The standard InChI is InChI=1S/C23H27N3O3/c1-4-5-19(13-23(27)28)18-7-9-20(10-8-18)29-15-17-6-11-21-22(12-17)26(25-24-21)14-16(2)3/h4-12,16,19H,13-15H2,1-3H3,(H,27,28)/t19-/m1/s1. The minimum absolute atomic E-state index is 0.0721. The average molecular weight is 393 g/mol. The van der Waals surface area contributed by atoms with E-state index in [1.807, 2.05) is 60.2 Å². The van der Waals surface area contributed by atoms with Gasteiger partial charge in [0.2, 0.25) is 0 Å². The number of hydrogen-bond acceptors (Lipinski definition) is 4. The molecule has 6 heteroatoms. The number of carboxylic acid groups (broad SMARTS) is 1. The Bertz CT molecular complexity index is 990. The Morgan fingerprint density at radius 1 is 1.21 bits per heavy atom. The van der Waals surface area contributed by atoms with Gasteiger partial charge in [-0.25, -0.2) is 4.68 Å². The third kappa shape index (κ3) is 5.44. The summed E-state index contributed by atoms with van der Waals surface area (Å²) in [4.78, 5) is 11.1. The highest BCUT2D eigenvalue weighted by Crippen LogP contribution is 2.24. The fraction of sp³-hybridized carbons (Fsp3) is 0.348. The number of ether oxygens (including phenoxy) is 1. The maximum atomic E-state index is 11.1. The van der Waals surface area contributed by atoms with Crippen LogP contribution in [0.25, 0.3) is 11.0 Å². The number of fused-ring (bicyclic) bond motifs is 1. The molecule has 2 aromatic carbocycles. The number of hydrogen-bond donors (Lipinski definition) is 1. The van der Waals surface area contributed by atoms with E-state index in [-0.39, 0.29) is 12.3 Å². The van der Waals surface area contributed by atoms with Crippen LogP contribution in [-0.4, -0.2) is 26.1 Å². The molecule has 3 aromatic rings. The van der Waals surface area contributed by atoms with Gasteiger partial charge in [0.15, 0.2) is 0 Å². The molecular weight excluding hydrogens is 366 g/mol. The SMILES string of the molecule is CC=C[C@H](CC(=O)O)c1ccc(OCc2ccc3nnn(CC(C)C)c3c2)cc1. The lowest BCUT2D eigenvalue weighted by molar-refractivity contribution is -0.137. The Kier molecular flexibility index (Phi) is 6.65. The molecule has 0 aliphatic carbocycles. The third-order valence-electron chi connectivity index (χ3n) is 4.65. The second kappa shape index (κ2) is 9.37. The maximum Gasteiger partial charge on any atom is 0.304 e. The molecule has 0 aliphatic rings. The molecule has 0 spiro atoms. The van der Waals surface area contributed by atoms with Crippen molar-refractivity contribution in [1.29, 1.82) is 0 Å². The Balaban J connectivity index is 1.68. The lowest BCUT2D eigenvalue weighted by Gasteiger charge is -2.12. The van der Waals surface area contributed by atoms with Crippen LogP contribution < -0.4 is 4.74 Å². The molecule has 1 aromatic heterocycles. The molecule has 1 atom stereocenters. The van der Waals surface area contributed by atoms with Crippen LogP contribution in [0.3, 0.4) is 0 Å². The number of nitrogens with zero attached hydrogens (tertiary/aromatic N) is 3. The summed E-state index contributed by atoms with van der Waals surface area (Å²) in [6.07, 6.45) is 3.86. The zero-order valence-electron chi connectivity index (χ0n) is 17.1. The van der Waals surface area contributed by atoms with Crippen LogP contribution in [0.15, 0.2) is 54.6 Å². The van der Waals surface area contributed by atoms with Crippen molar-refractivity contribution in [3.05, 3.63) is 65.7 Å². The van der Waals surface area contributed by atoms with Crippen molar-refractivity contribution >= 4 is 17.0 Å². The summed E-state index contributed by atoms with van der Waals surface area (Å²) in [6.45, 7) is 7.47. The van der Waals surface area contributed by atoms with E-state index in [1.165, 1.54) is 0 Å². The summed E-state index contributed by atoms with van der Waals surface area (Å²) >= 11 is 0.